The number of benzene rings is 1. The molecule has 0 N–H and O–H groups in total. The first-order chi connectivity index (χ1) is 12.7. The largest absolute Gasteiger partial charge is 0.283 e. The standard InChI is InChI=1S/C20H23N3O3S/c1-20(2,3)23-19(24)17(22-14-12-16-11-7-8-13-21-16)18(27(23,25)26)15-9-5-4-6-10-15/h4-11,13,18H,12,14H2,1-3H3. The second-order valence-corrected chi connectivity index (χ2v) is 9.28. The number of sulfonamides is 1. The summed E-state index contributed by atoms with van der Waals surface area (Å²) >= 11 is 0. The summed E-state index contributed by atoms with van der Waals surface area (Å²) in [6.07, 6.45) is 2.23. The van der Waals surface area contributed by atoms with Crippen molar-refractivity contribution in [2.75, 3.05) is 6.54 Å². The van der Waals surface area contributed by atoms with Crippen molar-refractivity contribution < 1.29 is 13.2 Å². The van der Waals surface area contributed by atoms with Crippen LogP contribution in [0.5, 0.6) is 0 Å². The van der Waals surface area contributed by atoms with Gasteiger partial charge in [-0.25, -0.2) is 12.7 Å². The van der Waals surface area contributed by atoms with Crippen LogP contribution < -0.4 is 0 Å². The Morgan fingerprint density at radius 2 is 1.74 bits per heavy atom. The zero-order valence-electron chi connectivity index (χ0n) is 15.7. The molecule has 1 atom stereocenters. The molecular weight excluding hydrogens is 362 g/mol. The summed E-state index contributed by atoms with van der Waals surface area (Å²) in [7, 11) is -3.89. The molecular formula is C20H23N3O3S. The van der Waals surface area contributed by atoms with Crippen LogP contribution in [0.3, 0.4) is 0 Å². The topological polar surface area (TPSA) is 79.7 Å². The molecule has 1 aliphatic heterocycles. The molecule has 2 aromatic rings. The Morgan fingerprint density at radius 1 is 1.07 bits per heavy atom. The Kier molecular flexibility index (Phi) is 5.15. The molecule has 1 amide bonds. The number of nitrogens with zero attached hydrogens (tertiary/aromatic N) is 3. The number of rotatable bonds is 4. The molecule has 1 aliphatic rings. The van der Waals surface area contributed by atoms with Gasteiger partial charge in [-0.3, -0.25) is 14.8 Å². The van der Waals surface area contributed by atoms with E-state index in [9.17, 15) is 13.2 Å². The highest BCUT2D eigenvalue weighted by molar-refractivity contribution is 7.91. The third-order valence-corrected chi connectivity index (χ3v) is 6.61. The molecule has 1 aromatic carbocycles. The van der Waals surface area contributed by atoms with Crippen molar-refractivity contribution in [3.63, 3.8) is 0 Å². The summed E-state index contributed by atoms with van der Waals surface area (Å²) < 4.78 is 27.4. The van der Waals surface area contributed by atoms with E-state index in [0.717, 1.165) is 10.00 Å². The van der Waals surface area contributed by atoms with Crippen LogP contribution in [0, 0.1) is 0 Å². The van der Waals surface area contributed by atoms with E-state index in [1.807, 2.05) is 24.3 Å². The van der Waals surface area contributed by atoms with E-state index in [-0.39, 0.29) is 5.71 Å². The van der Waals surface area contributed by atoms with Crippen LogP contribution >= 0.6 is 0 Å². The molecule has 1 aromatic heterocycles. The van der Waals surface area contributed by atoms with Crippen LogP contribution in [0.25, 0.3) is 0 Å². The smallest absolute Gasteiger partial charge is 0.282 e. The van der Waals surface area contributed by atoms with Crippen molar-refractivity contribution in [2.45, 2.75) is 38.0 Å². The Hall–Kier alpha value is -2.54. The van der Waals surface area contributed by atoms with Crippen LogP contribution in [0.2, 0.25) is 0 Å². The molecule has 3 rings (SSSR count). The van der Waals surface area contributed by atoms with E-state index >= 15 is 0 Å². The van der Waals surface area contributed by atoms with Gasteiger partial charge in [-0.05, 0) is 38.5 Å². The zero-order valence-corrected chi connectivity index (χ0v) is 16.5. The second-order valence-electron chi connectivity index (χ2n) is 7.41. The van der Waals surface area contributed by atoms with E-state index in [0.29, 0.717) is 18.5 Å². The predicted octanol–water partition coefficient (Wildman–Crippen LogP) is 2.78. The average Bonchev–Trinajstić information content (AvgIpc) is 2.81. The van der Waals surface area contributed by atoms with E-state index in [1.165, 1.54) is 0 Å². The fourth-order valence-electron chi connectivity index (χ4n) is 3.21. The number of hydrogen-bond acceptors (Lipinski definition) is 5. The van der Waals surface area contributed by atoms with Crippen LogP contribution in [-0.2, 0) is 21.2 Å². The number of carbonyl (C=O) groups is 1. The van der Waals surface area contributed by atoms with Crippen LogP contribution in [0.15, 0.2) is 59.7 Å². The lowest BCUT2D eigenvalue weighted by Crippen LogP contribution is -2.45. The van der Waals surface area contributed by atoms with Gasteiger partial charge in [0, 0.05) is 24.9 Å². The minimum Gasteiger partial charge on any atom is -0.282 e. The van der Waals surface area contributed by atoms with Crippen molar-refractivity contribution in [2.24, 2.45) is 4.99 Å². The van der Waals surface area contributed by atoms with Gasteiger partial charge >= 0.3 is 0 Å². The molecule has 0 radical (unpaired) electrons. The number of pyridine rings is 1. The molecule has 1 saturated heterocycles. The van der Waals surface area contributed by atoms with Crippen LogP contribution in [0.1, 0.15) is 37.3 Å². The predicted molar refractivity (Wildman–Crippen MR) is 105 cm³/mol. The molecule has 7 heteroatoms. The van der Waals surface area contributed by atoms with Crippen molar-refractivity contribution in [3.8, 4) is 0 Å². The highest BCUT2D eigenvalue weighted by atomic mass is 32.2. The Balaban J connectivity index is 2.00. The maximum absolute atomic E-state index is 13.2. The minimum atomic E-state index is -3.89. The van der Waals surface area contributed by atoms with Gasteiger partial charge in [-0.1, -0.05) is 36.4 Å². The summed E-state index contributed by atoms with van der Waals surface area (Å²) in [6.45, 7) is 5.43. The number of aliphatic imine (C=N–C) groups is 1. The average molecular weight is 385 g/mol. The molecule has 0 bridgehead atoms. The summed E-state index contributed by atoms with van der Waals surface area (Å²) in [5.41, 5.74) is 0.613. The molecule has 0 saturated carbocycles. The van der Waals surface area contributed by atoms with Gasteiger partial charge in [-0.2, -0.15) is 0 Å². The number of aromatic nitrogens is 1. The Morgan fingerprint density at radius 3 is 2.33 bits per heavy atom. The molecule has 0 spiro atoms. The lowest BCUT2D eigenvalue weighted by Gasteiger charge is -2.30. The van der Waals surface area contributed by atoms with Crippen molar-refractivity contribution in [1.29, 1.82) is 0 Å². The normalized spacial score (nSPS) is 21.0. The van der Waals surface area contributed by atoms with E-state index < -0.39 is 26.7 Å². The monoisotopic (exact) mass is 385 g/mol. The van der Waals surface area contributed by atoms with Gasteiger partial charge in [0.2, 0.25) is 0 Å². The van der Waals surface area contributed by atoms with Crippen molar-refractivity contribution >= 4 is 21.6 Å². The molecule has 27 heavy (non-hydrogen) atoms. The Bertz CT molecular complexity index is 949. The quantitative estimate of drug-likeness (QED) is 0.811. The first-order valence-electron chi connectivity index (χ1n) is 8.80. The number of amides is 1. The first kappa shape index (κ1) is 19.2. The third kappa shape index (κ3) is 3.78. The van der Waals surface area contributed by atoms with Gasteiger partial charge in [0.1, 0.15) is 5.71 Å². The molecule has 0 aliphatic carbocycles. The second kappa shape index (κ2) is 7.23. The lowest BCUT2D eigenvalue weighted by atomic mass is 10.0. The minimum absolute atomic E-state index is 0.0760. The summed E-state index contributed by atoms with van der Waals surface area (Å²) in [5.74, 6) is -0.544. The van der Waals surface area contributed by atoms with E-state index in [1.54, 1.807) is 51.2 Å². The first-order valence-corrected chi connectivity index (χ1v) is 10.3. The fourth-order valence-corrected chi connectivity index (χ4v) is 5.47. The van der Waals surface area contributed by atoms with Crippen molar-refractivity contribution in [1.82, 2.24) is 9.29 Å². The fraction of sp³-hybridized carbons (Fsp3) is 0.350. The SMILES string of the molecule is CC(C)(C)N1C(=O)C(=NCCc2ccccn2)C(c2ccccc2)S1(=O)=O. The molecule has 142 valence electrons. The summed E-state index contributed by atoms with van der Waals surface area (Å²) in [4.78, 5) is 21.7. The maximum Gasteiger partial charge on any atom is 0.283 e. The van der Waals surface area contributed by atoms with Gasteiger partial charge in [0.05, 0.1) is 5.54 Å². The Labute approximate surface area is 160 Å². The maximum atomic E-state index is 13.2. The van der Waals surface area contributed by atoms with Gasteiger partial charge in [0.15, 0.2) is 5.25 Å². The summed E-state index contributed by atoms with van der Waals surface area (Å²) in [6, 6.07) is 14.4. The van der Waals surface area contributed by atoms with Crippen LogP contribution in [-0.4, -0.2) is 41.4 Å². The molecule has 2 heterocycles. The van der Waals surface area contributed by atoms with Gasteiger partial charge in [-0.15, -0.1) is 0 Å². The third-order valence-electron chi connectivity index (χ3n) is 4.29. The summed E-state index contributed by atoms with van der Waals surface area (Å²) in [5, 5.41) is -1.07. The van der Waals surface area contributed by atoms with Gasteiger partial charge in [0.25, 0.3) is 15.9 Å². The molecule has 6 nitrogen and oxygen atoms in total. The zero-order chi connectivity index (χ0) is 19.7. The van der Waals surface area contributed by atoms with E-state index in [4.69, 9.17) is 0 Å². The molecule has 1 fully saturated rings. The number of carbonyl (C=O) groups excluding carboxylic acids is 1. The van der Waals surface area contributed by atoms with Crippen molar-refractivity contribution in [3.05, 3.63) is 66.0 Å². The lowest BCUT2D eigenvalue weighted by molar-refractivity contribution is -0.122. The highest BCUT2D eigenvalue weighted by Crippen LogP contribution is 2.38. The molecule has 1 unspecified atom stereocenters. The van der Waals surface area contributed by atoms with Crippen LogP contribution in [0.4, 0.5) is 0 Å². The van der Waals surface area contributed by atoms with E-state index in [2.05, 4.69) is 9.98 Å². The number of hydrogen-bond donors (Lipinski definition) is 0. The highest BCUT2D eigenvalue weighted by Gasteiger charge is 2.54. The van der Waals surface area contributed by atoms with Gasteiger partial charge < -0.3 is 0 Å².